The molecule has 0 amide bonds. The van der Waals surface area contributed by atoms with Gasteiger partial charge in [0.25, 0.3) is 0 Å². The summed E-state index contributed by atoms with van der Waals surface area (Å²) in [5.41, 5.74) is 0. The molecule has 0 N–H and O–H groups in total. The quantitative estimate of drug-likeness (QED) is 0.0854. The fourth-order valence-electron chi connectivity index (χ4n) is 3.14. The van der Waals surface area contributed by atoms with Crippen molar-refractivity contribution in [3.05, 3.63) is 0 Å². The lowest BCUT2D eigenvalue weighted by Crippen LogP contribution is -2.20. The molecule has 0 aliphatic heterocycles. The van der Waals surface area contributed by atoms with E-state index in [2.05, 4.69) is 6.92 Å². The van der Waals surface area contributed by atoms with E-state index in [1.54, 1.807) is 0 Å². The van der Waals surface area contributed by atoms with Crippen LogP contribution in [0.15, 0.2) is 0 Å². The minimum absolute atomic E-state index is 0.00392. The van der Waals surface area contributed by atoms with E-state index >= 15 is 0 Å². The van der Waals surface area contributed by atoms with Gasteiger partial charge in [-0.25, -0.2) is 0 Å². The van der Waals surface area contributed by atoms with Crippen LogP contribution >= 0.6 is 0 Å². The number of hydrogen-bond acceptors (Lipinski definition) is 12. The summed E-state index contributed by atoms with van der Waals surface area (Å²) >= 11 is 0. The van der Waals surface area contributed by atoms with Gasteiger partial charge >= 0.3 is 11.9 Å². The van der Waals surface area contributed by atoms with Gasteiger partial charge in [0.1, 0.15) is 13.2 Å². The number of rotatable bonds is 32. The summed E-state index contributed by atoms with van der Waals surface area (Å²) in [5, 5.41) is 0. The first-order valence-electron chi connectivity index (χ1n) is 14.5. The molecule has 0 heterocycles. The maximum Gasteiger partial charge on any atom is 0.308 e. The van der Waals surface area contributed by atoms with Crippen LogP contribution in [0.4, 0.5) is 0 Å². The predicted octanol–water partition coefficient (Wildman–Crippen LogP) is 2.44. The van der Waals surface area contributed by atoms with Crippen LogP contribution in [-0.4, -0.2) is 131 Å². The molecule has 12 heteroatoms. The molecule has 0 spiro atoms. The predicted molar refractivity (Wildman–Crippen MR) is 147 cm³/mol. The summed E-state index contributed by atoms with van der Waals surface area (Å²) in [6.07, 6.45) is 3.83. The van der Waals surface area contributed by atoms with E-state index < -0.39 is 0 Å². The molecule has 12 nitrogen and oxygen atoms in total. The number of carbonyl (C=O) groups excluding carboxylic acids is 2. The number of hydrogen-bond donors (Lipinski definition) is 0. The van der Waals surface area contributed by atoms with E-state index in [-0.39, 0.29) is 31.1 Å². The molecule has 0 aromatic rings. The van der Waals surface area contributed by atoms with Gasteiger partial charge in [0, 0.05) is 6.92 Å². The standard InChI is InChI=1S/C28H54O12/c1-4-6-7-27(5-2)28(30)40-25-23-38-21-19-36-17-15-34-13-11-32-9-8-31-10-12-33-14-16-35-18-20-37-22-24-39-26(3)29/h27H,4-25H2,1-3H3. The lowest BCUT2D eigenvalue weighted by Gasteiger charge is -2.13. The topological polar surface area (TPSA) is 126 Å². The van der Waals surface area contributed by atoms with Crippen molar-refractivity contribution >= 4 is 11.9 Å². The lowest BCUT2D eigenvalue weighted by atomic mass is 10.00. The molecule has 0 bridgehead atoms. The highest BCUT2D eigenvalue weighted by Gasteiger charge is 2.16. The van der Waals surface area contributed by atoms with Crippen molar-refractivity contribution in [3.8, 4) is 0 Å². The Hall–Kier alpha value is -1.38. The second-order valence-electron chi connectivity index (χ2n) is 8.65. The van der Waals surface area contributed by atoms with Crippen LogP contribution in [0, 0.1) is 5.92 Å². The summed E-state index contributed by atoms with van der Waals surface area (Å²) < 4.78 is 53.3. The van der Waals surface area contributed by atoms with Gasteiger partial charge in [-0.15, -0.1) is 0 Å². The maximum atomic E-state index is 12.0. The van der Waals surface area contributed by atoms with Gasteiger partial charge in [0.2, 0.25) is 0 Å². The Labute approximate surface area is 240 Å². The van der Waals surface area contributed by atoms with Crippen molar-refractivity contribution in [2.45, 2.75) is 46.5 Å². The van der Waals surface area contributed by atoms with Crippen molar-refractivity contribution in [3.63, 3.8) is 0 Å². The fraction of sp³-hybridized carbons (Fsp3) is 0.929. The van der Waals surface area contributed by atoms with Gasteiger partial charge in [0.15, 0.2) is 0 Å². The molecule has 0 rings (SSSR count). The Morgan fingerprint density at radius 1 is 0.475 bits per heavy atom. The van der Waals surface area contributed by atoms with E-state index in [4.69, 9.17) is 47.4 Å². The zero-order valence-corrected chi connectivity index (χ0v) is 25.0. The molecule has 238 valence electrons. The van der Waals surface area contributed by atoms with Crippen LogP contribution < -0.4 is 0 Å². The molecule has 0 saturated heterocycles. The minimum Gasteiger partial charge on any atom is -0.463 e. The highest BCUT2D eigenvalue weighted by Crippen LogP contribution is 2.14. The van der Waals surface area contributed by atoms with Crippen LogP contribution in [0.3, 0.4) is 0 Å². The van der Waals surface area contributed by atoms with Crippen LogP contribution in [0.5, 0.6) is 0 Å². The van der Waals surface area contributed by atoms with E-state index in [9.17, 15) is 9.59 Å². The van der Waals surface area contributed by atoms with Crippen molar-refractivity contribution in [2.75, 3.05) is 119 Å². The third-order valence-corrected chi connectivity index (χ3v) is 5.34. The normalized spacial score (nSPS) is 12.0. The van der Waals surface area contributed by atoms with E-state index in [1.165, 1.54) is 6.92 Å². The van der Waals surface area contributed by atoms with E-state index in [1.807, 2.05) is 6.92 Å². The lowest BCUT2D eigenvalue weighted by molar-refractivity contribution is -0.150. The highest BCUT2D eigenvalue weighted by atomic mass is 16.6. The Balaban J connectivity index is 3.17. The fourth-order valence-corrected chi connectivity index (χ4v) is 3.14. The first-order valence-corrected chi connectivity index (χ1v) is 14.5. The number of unbranched alkanes of at least 4 members (excludes halogenated alkanes) is 1. The summed E-state index contributed by atoms with van der Waals surface area (Å²) in [4.78, 5) is 22.6. The van der Waals surface area contributed by atoms with Crippen LogP contribution in [0.2, 0.25) is 0 Å². The van der Waals surface area contributed by atoms with Crippen molar-refractivity contribution in [1.82, 2.24) is 0 Å². The summed E-state index contributed by atoms with van der Waals surface area (Å²) in [6.45, 7) is 13.4. The molecule has 0 aromatic carbocycles. The second-order valence-corrected chi connectivity index (χ2v) is 8.65. The molecular weight excluding hydrogens is 528 g/mol. The monoisotopic (exact) mass is 582 g/mol. The van der Waals surface area contributed by atoms with Crippen molar-refractivity contribution < 1.29 is 57.0 Å². The Kier molecular flexibility index (Phi) is 31.0. The first-order chi connectivity index (χ1) is 19.6. The molecule has 0 fully saturated rings. The van der Waals surface area contributed by atoms with Gasteiger partial charge in [-0.2, -0.15) is 0 Å². The molecular formula is C28H54O12. The number of ether oxygens (including phenoxy) is 10. The average molecular weight is 583 g/mol. The molecule has 1 unspecified atom stereocenters. The van der Waals surface area contributed by atoms with Gasteiger partial charge in [-0.1, -0.05) is 26.7 Å². The number of carbonyl (C=O) groups is 2. The Morgan fingerprint density at radius 2 is 0.775 bits per heavy atom. The molecule has 0 aliphatic carbocycles. The Morgan fingerprint density at radius 3 is 1.05 bits per heavy atom. The van der Waals surface area contributed by atoms with Crippen molar-refractivity contribution in [2.24, 2.45) is 5.92 Å². The first kappa shape index (κ1) is 38.6. The summed E-state index contributed by atoms with van der Waals surface area (Å²) in [6, 6.07) is 0. The second kappa shape index (κ2) is 32.1. The summed E-state index contributed by atoms with van der Waals surface area (Å²) in [7, 11) is 0. The Bertz CT molecular complexity index is 549. The van der Waals surface area contributed by atoms with E-state index in [0.717, 1.165) is 25.7 Å². The molecule has 0 aliphatic rings. The van der Waals surface area contributed by atoms with Crippen LogP contribution in [-0.2, 0) is 57.0 Å². The third-order valence-electron chi connectivity index (χ3n) is 5.34. The van der Waals surface area contributed by atoms with Gasteiger partial charge in [-0.05, 0) is 12.8 Å². The molecule has 40 heavy (non-hydrogen) atoms. The SMILES string of the molecule is CCCCC(CC)C(=O)OCCOCCOCCOCCOCCOCCOCCOCCOCCOC(C)=O. The number of esters is 2. The molecule has 0 radical (unpaired) electrons. The largest absolute Gasteiger partial charge is 0.463 e. The molecule has 0 saturated carbocycles. The van der Waals surface area contributed by atoms with Crippen LogP contribution in [0.25, 0.3) is 0 Å². The maximum absolute atomic E-state index is 12.0. The molecule has 0 aromatic heterocycles. The molecule has 1 atom stereocenters. The highest BCUT2D eigenvalue weighted by molar-refractivity contribution is 5.72. The van der Waals surface area contributed by atoms with Gasteiger partial charge in [-0.3, -0.25) is 9.59 Å². The summed E-state index contributed by atoms with van der Waals surface area (Å²) in [5.74, 6) is -0.439. The zero-order chi connectivity index (χ0) is 29.4. The van der Waals surface area contributed by atoms with E-state index in [0.29, 0.717) is 106 Å². The minimum atomic E-state index is -0.312. The van der Waals surface area contributed by atoms with Crippen molar-refractivity contribution in [1.29, 1.82) is 0 Å². The smallest absolute Gasteiger partial charge is 0.308 e. The average Bonchev–Trinajstić information content (AvgIpc) is 2.94. The zero-order valence-electron chi connectivity index (χ0n) is 25.0. The van der Waals surface area contributed by atoms with Gasteiger partial charge in [0.05, 0.1) is 112 Å². The van der Waals surface area contributed by atoms with Crippen LogP contribution in [0.1, 0.15) is 46.5 Å². The third kappa shape index (κ3) is 29.6. The van der Waals surface area contributed by atoms with Gasteiger partial charge < -0.3 is 47.4 Å².